The first-order valence-corrected chi connectivity index (χ1v) is 55.5. The highest BCUT2D eigenvalue weighted by Crippen LogP contribution is 2.51. The second kappa shape index (κ2) is 46.5. The van der Waals surface area contributed by atoms with Gasteiger partial charge in [0.2, 0.25) is 61.8 Å². The highest BCUT2D eigenvalue weighted by atomic mass is 35.5. The summed E-state index contributed by atoms with van der Waals surface area (Å²) in [5.41, 5.74) is 19.9. The number of benzene rings is 3. The van der Waals surface area contributed by atoms with Crippen molar-refractivity contribution < 1.29 is 58.5 Å². The number of anilines is 11. The summed E-state index contributed by atoms with van der Waals surface area (Å²) in [5, 5.41) is 31.3. The summed E-state index contributed by atoms with van der Waals surface area (Å²) in [6.45, 7) is 38.6. The fourth-order valence-electron chi connectivity index (χ4n) is 18.0. The lowest BCUT2D eigenvalue weighted by Crippen LogP contribution is -2.41. The van der Waals surface area contributed by atoms with Crippen molar-refractivity contribution in [1.29, 1.82) is 0 Å². The number of fused-ring (bicyclic) bond motifs is 3. The Morgan fingerprint density at radius 1 is 0.447 bits per heavy atom. The zero-order chi connectivity index (χ0) is 101. The van der Waals surface area contributed by atoms with Gasteiger partial charge in [-0.2, -0.15) is 55.5 Å². The van der Waals surface area contributed by atoms with Gasteiger partial charge in [0.05, 0.1) is 105 Å². The Bertz CT molecular complexity index is 6320. The maximum Gasteiger partial charge on any atom is 0.410 e. The highest BCUT2D eigenvalue weighted by molar-refractivity contribution is 7.92. The molecule has 6 fully saturated rings. The summed E-state index contributed by atoms with van der Waals surface area (Å²) in [6, 6.07) is 6.87. The number of thiol groups is 2. The molecule has 3 aromatic carbocycles. The summed E-state index contributed by atoms with van der Waals surface area (Å²) in [7, 11) is -10.8. The molecule has 2 amide bonds. The van der Waals surface area contributed by atoms with Crippen molar-refractivity contribution in [2.24, 2.45) is 0 Å². The van der Waals surface area contributed by atoms with Crippen LogP contribution in [-0.2, 0) is 58.2 Å². The van der Waals surface area contributed by atoms with Gasteiger partial charge in [0, 0.05) is 62.1 Å². The van der Waals surface area contributed by atoms with Crippen LogP contribution in [0.4, 0.5) is 73.1 Å². The van der Waals surface area contributed by atoms with Crippen molar-refractivity contribution >= 4 is 177 Å². The number of nitrogens with two attached hydrogens (primary N) is 1. The Labute approximate surface area is 862 Å². The van der Waals surface area contributed by atoms with Gasteiger partial charge in [-0.05, 0) is 308 Å². The van der Waals surface area contributed by atoms with Gasteiger partial charge >= 0.3 is 12.2 Å². The van der Waals surface area contributed by atoms with Crippen LogP contribution in [-0.4, -0.2) is 204 Å². The molecule has 774 valence electrons. The van der Waals surface area contributed by atoms with E-state index in [1.807, 2.05) is 52.5 Å². The van der Waals surface area contributed by atoms with E-state index in [4.69, 9.17) is 75.8 Å². The number of sulfone groups is 3. The Morgan fingerprint density at radius 2 is 0.745 bits per heavy atom. The Balaban J connectivity index is 0.000000183. The number of hydrogen-bond donors (Lipinski definition) is 9. The first-order valence-electron chi connectivity index (χ1n) is 47.5. The molecular formula is C98H141Cl4N21O13S5. The third-order valence-electron chi connectivity index (χ3n) is 25.2. The van der Waals surface area contributed by atoms with Crippen LogP contribution in [0.1, 0.15) is 282 Å². The number of aromatic nitrogens is 12. The number of carbonyl (C=O) groups excluding carboxylic acids is 2. The quantitative estimate of drug-likeness (QED) is 0.0173. The lowest BCUT2D eigenvalue weighted by molar-refractivity contribution is 0.0194. The molecule has 0 bridgehead atoms. The first kappa shape index (κ1) is 112. The van der Waals surface area contributed by atoms with Crippen molar-refractivity contribution in [2.45, 2.75) is 332 Å². The van der Waals surface area contributed by atoms with E-state index in [0.717, 1.165) is 162 Å². The number of amides is 2. The predicted molar refractivity (Wildman–Crippen MR) is 568 cm³/mol. The number of nitrogens with one attached hydrogen (secondary N) is 6. The van der Waals surface area contributed by atoms with E-state index in [1.54, 1.807) is 91.6 Å². The van der Waals surface area contributed by atoms with Gasteiger partial charge in [-0.25, -0.2) is 49.8 Å². The van der Waals surface area contributed by atoms with Crippen LogP contribution >= 0.6 is 71.7 Å². The van der Waals surface area contributed by atoms with Gasteiger partial charge < -0.3 is 71.1 Å². The molecular weight excluding hydrogens is 1980 g/mol. The minimum Gasteiger partial charge on any atom is -0.488 e. The third-order valence-corrected chi connectivity index (χ3v) is 32.4. The molecule has 34 nitrogen and oxygen atoms in total. The fraction of sp³-hybridized carbons (Fsp3) is 0.582. The average molecular weight is 2120 g/mol. The molecule has 141 heavy (non-hydrogen) atoms. The van der Waals surface area contributed by atoms with Crippen molar-refractivity contribution in [2.75, 3.05) is 84.1 Å². The summed E-state index contributed by atoms with van der Waals surface area (Å²) >= 11 is 31.9. The van der Waals surface area contributed by atoms with Gasteiger partial charge in [-0.15, -0.1) is 0 Å². The number of hydrogen-bond acceptors (Lipinski definition) is 31. The van der Waals surface area contributed by atoms with Gasteiger partial charge in [0.25, 0.3) is 0 Å². The van der Waals surface area contributed by atoms with E-state index in [1.165, 1.54) is 63.1 Å². The number of carbonyl (C=O) groups is 2. The molecule has 0 radical (unpaired) electrons. The Kier molecular flexibility index (Phi) is 37.1. The van der Waals surface area contributed by atoms with E-state index in [-0.39, 0.29) is 116 Å². The summed E-state index contributed by atoms with van der Waals surface area (Å²) in [6.07, 6.45) is 26.9. The van der Waals surface area contributed by atoms with Gasteiger partial charge in [-0.1, -0.05) is 49.7 Å². The number of halogens is 4. The number of nitrogen functional groups attached to an aromatic ring is 1. The van der Waals surface area contributed by atoms with Crippen LogP contribution in [0.15, 0.2) is 70.5 Å². The molecule has 0 spiro atoms. The van der Waals surface area contributed by atoms with Crippen molar-refractivity contribution in [3.8, 4) is 17.2 Å². The van der Waals surface area contributed by atoms with Crippen LogP contribution in [0.25, 0.3) is 0 Å². The minimum absolute atomic E-state index is 0. The van der Waals surface area contributed by atoms with E-state index in [2.05, 4.69) is 156 Å². The molecule has 0 unspecified atom stereocenters. The highest BCUT2D eigenvalue weighted by Gasteiger charge is 2.41. The van der Waals surface area contributed by atoms with Crippen LogP contribution in [0, 0.1) is 20.8 Å². The normalized spacial score (nSPS) is 18.0. The standard InChI is InChI=1S/C33H44ClN7O5S.C28H36ClN7O3S.C20H30N2O3.C13H15Cl2N5O2S.2CH4S.2CH4/c1-18(2)47(43,44)30-26(17-41(39-30)22-8-9-22)36-29-24(34)16-35-31(38-29)37-25-14-19(3)27(23-15-20(4)45-28(23)25)21-10-12-40(13-11-21)32(42)46-33(5,6)7;1-15(2)40(37,38)27-23(14-36(35-27)19-5-6-19)32-26-21(29)13-31-28(34-26)33-22-11-16(3)24(18-7-9-30-10-8-18)20-12-17(4)39-25(20)22;1-12-10-16(21)18-15(11-13(2)24-18)17(12)14-6-8-22(9-7-14)19(23)25-20(3,4)5;1-7(2)23(21,22)12-10(6-20(19-12)8-3-4-8)17-11-9(14)5-16-13(15)18-11;2*1-2;;/h14,16-18,20-22H,8-13,15H2,1-7H3,(H2,35,36,37,38);11,13-15,17-19,30H,5-10,12H2,1-4H3,(H2,31,32,33,34);10,13-14H,6-9,11,21H2,1-5H3;5-8H,3-4H2,1-2H3,(H,16,17,18);2*2H,1H3;2*1H4/t20-;17-;13-;;;;;/m111...../s1. The molecule has 3 saturated heterocycles. The monoisotopic (exact) mass is 2120 g/mol. The van der Waals surface area contributed by atoms with Crippen molar-refractivity contribution in [3.63, 3.8) is 0 Å². The summed E-state index contributed by atoms with van der Waals surface area (Å²) < 4.78 is 112. The maximum absolute atomic E-state index is 13.2. The topological polar surface area (TPSA) is 418 Å². The molecule has 18 rings (SSSR count). The number of aryl methyl sites for hydroxylation is 3. The van der Waals surface area contributed by atoms with E-state index in [9.17, 15) is 34.8 Å². The SMILES string of the molecule is C.C.CC(C)S(=O)(=O)c1nn(C2CC2)cc1Nc1nc(Cl)ncc1Cl.CS.CS.Cc1cc(N)c2c(c1C1CCN(C(=O)OC(C)(C)C)CC1)C[C@@H](C)O2.Cc1cc(Nc2ncc(Cl)c(Nc3cn(C4CC4)nc3S(=O)(=O)C(C)C)n2)c2c(c1C1CCN(C(=O)OC(C)(C)C)CC1)C[C@@H](C)O2.Cc1cc(Nc2ncc(Cl)c(Nc3cn(C4CC4)nc3S(=O)(=O)C(C)C)n2)c2c(c1C1CCNCC1)C[C@@H](C)O2. The van der Waals surface area contributed by atoms with Gasteiger partial charge in [0.1, 0.15) is 61.8 Å². The molecule has 9 aliphatic rings. The van der Waals surface area contributed by atoms with E-state index < -0.39 is 56.5 Å². The molecule has 8 N–H and O–H groups in total. The van der Waals surface area contributed by atoms with E-state index in [0.29, 0.717) is 59.7 Å². The van der Waals surface area contributed by atoms with Gasteiger partial charge in [0.15, 0.2) is 17.5 Å². The second-order valence-corrected chi connectivity index (χ2v) is 48.4. The number of ether oxygens (including phenoxy) is 5. The number of piperidine rings is 3. The minimum atomic E-state index is -3.67. The predicted octanol–water partition coefficient (Wildman–Crippen LogP) is 22.1. The third kappa shape index (κ3) is 26.8. The Hall–Kier alpha value is -9.06. The van der Waals surface area contributed by atoms with Crippen LogP contribution in [0.3, 0.4) is 0 Å². The molecule has 3 atom stereocenters. The summed E-state index contributed by atoms with van der Waals surface area (Å²) in [4.78, 5) is 54.4. The van der Waals surface area contributed by atoms with Crippen molar-refractivity contribution in [1.82, 2.24) is 74.4 Å². The van der Waals surface area contributed by atoms with E-state index >= 15 is 0 Å². The lowest BCUT2D eigenvalue weighted by atomic mass is 9.82. The molecule has 3 aliphatic carbocycles. The number of likely N-dealkylation sites (tertiary alicyclic amines) is 2. The molecule has 12 heterocycles. The zero-order valence-corrected chi connectivity index (χ0v) is 90.0. The van der Waals surface area contributed by atoms with Crippen molar-refractivity contribution in [3.05, 3.63) is 126 Å². The lowest BCUT2D eigenvalue weighted by Gasteiger charge is -2.34. The summed E-state index contributed by atoms with van der Waals surface area (Å²) in [5.74, 6) is 5.17. The number of rotatable bonds is 22. The van der Waals surface area contributed by atoms with Crippen LogP contribution in [0.2, 0.25) is 20.4 Å². The smallest absolute Gasteiger partial charge is 0.410 e. The zero-order valence-electron chi connectivity index (χ0n) is 82.8. The second-order valence-electron chi connectivity index (χ2n) is 39.5. The molecule has 6 aliphatic heterocycles. The molecule has 43 heteroatoms. The van der Waals surface area contributed by atoms with Crippen LogP contribution < -0.4 is 51.8 Å². The molecule has 6 aromatic heterocycles. The van der Waals surface area contributed by atoms with Gasteiger partial charge in [-0.3, -0.25) is 14.0 Å². The average Bonchev–Trinajstić information content (AvgIpc) is 1.61. The molecule has 9 aromatic rings. The number of nitrogens with zero attached hydrogens (tertiary/aromatic N) is 14. The Morgan fingerprint density at radius 3 is 1.06 bits per heavy atom. The first-order chi connectivity index (χ1) is 65.7. The fourth-order valence-corrected chi connectivity index (χ4v) is 21.7. The maximum atomic E-state index is 13.2. The largest absolute Gasteiger partial charge is 0.488 e. The van der Waals surface area contributed by atoms with Crippen LogP contribution in [0.5, 0.6) is 17.2 Å². The molecule has 3 saturated carbocycles.